The molecule has 1 aromatic carbocycles. The van der Waals surface area contributed by atoms with E-state index in [1.54, 1.807) is 0 Å². The molecule has 2 heteroatoms. The van der Waals surface area contributed by atoms with E-state index in [-0.39, 0.29) is 0 Å². The summed E-state index contributed by atoms with van der Waals surface area (Å²) in [6.45, 7) is 7.91. The molecule has 1 atom stereocenters. The number of hydrogen-bond acceptors (Lipinski definition) is 2. The van der Waals surface area contributed by atoms with E-state index in [0.717, 1.165) is 13.1 Å². The zero-order chi connectivity index (χ0) is 12.8. The minimum absolute atomic E-state index is 0.638. The quantitative estimate of drug-likeness (QED) is 0.854. The summed E-state index contributed by atoms with van der Waals surface area (Å²) in [5.74, 6) is 0. The standard InChI is InChI=1S/C16H26N2/c1-3-5-11-18-13-15(8-4-2)17-12-14-9-6-7-10-16(14)18/h6-7,9-10,15,17H,3-5,8,11-13H2,1-2H3. The predicted molar refractivity (Wildman–Crippen MR) is 79.1 cm³/mol. The van der Waals surface area contributed by atoms with Gasteiger partial charge in [0.25, 0.3) is 0 Å². The van der Waals surface area contributed by atoms with Crippen LogP contribution >= 0.6 is 0 Å². The van der Waals surface area contributed by atoms with E-state index >= 15 is 0 Å². The molecule has 1 unspecified atom stereocenters. The molecular weight excluding hydrogens is 220 g/mol. The van der Waals surface area contributed by atoms with Gasteiger partial charge >= 0.3 is 0 Å². The summed E-state index contributed by atoms with van der Waals surface area (Å²) in [5.41, 5.74) is 2.89. The molecule has 2 rings (SSSR count). The molecule has 0 bridgehead atoms. The Hall–Kier alpha value is -1.02. The average molecular weight is 246 g/mol. The number of benzene rings is 1. The number of nitrogens with one attached hydrogen (secondary N) is 1. The summed E-state index contributed by atoms with van der Waals surface area (Å²) in [6.07, 6.45) is 5.09. The van der Waals surface area contributed by atoms with Crippen LogP contribution in [0.3, 0.4) is 0 Å². The number of para-hydroxylation sites is 1. The van der Waals surface area contributed by atoms with Gasteiger partial charge in [0.2, 0.25) is 0 Å². The second kappa shape index (κ2) is 6.79. The minimum Gasteiger partial charge on any atom is -0.370 e. The first-order valence-corrected chi connectivity index (χ1v) is 7.41. The van der Waals surface area contributed by atoms with Crippen molar-refractivity contribution in [2.45, 2.75) is 52.1 Å². The minimum atomic E-state index is 0.638. The lowest BCUT2D eigenvalue weighted by Crippen LogP contribution is -2.38. The maximum Gasteiger partial charge on any atom is 0.0412 e. The van der Waals surface area contributed by atoms with Gasteiger partial charge in [0, 0.05) is 31.4 Å². The monoisotopic (exact) mass is 246 g/mol. The van der Waals surface area contributed by atoms with Crippen molar-refractivity contribution >= 4 is 5.69 Å². The third-order valence-corrected chi connectivity index (χ3v) is 3.77. The maximum absolute atomic E-state index is 3.70. The van der Waals surface area contributed by atoms with Crippen LogP contribution < -0.4 is 10.2 Å². The van der Waals surface area contributed by atoms with E-state index in [0.29, 0.717) is 6.04 Å². The SMILES string of the molecule is CCCCN1CC(CCC)NCc2ccccc21. The molecule has 0 saturated carbocycles. The molecule has 1 N–H and O–H groups in total. The molecule has 0 saturated heterocycles. The number of hydrogen-bond donors (Lipinski definition) is 1. The summed E-state index contributed by atoms with van der Waals surface area (Å²) in [6, 6.07) is 9.49. The molecule has 0 radical (unpaired) electrons. The molecule has 1 heterocycles. The van der Waals surface area contributed by atoms with Gasteiger partial charge in [0.05, 0.1) is 0 Å². The first-order chi connectivity index (χ1) is 8.85. The van der Waals surface area contributed by atoms with Crippen molar-refractivity contribution in [2.24, 2.45) is 0 Å². The van der Waals surface area contributed by atoms with E-state index in [2.05, 4.69) is 48.3 Å². The Morgan fingerprint density at radius 1 is 1.22 bits per heavy atom. The van der Waals surface area contributed by atoms with Crippen LogP contribution in [0, 0.1) is 0 Å². The number of unbranched alkanes of at least 4 members (excludes halogenated alkanes) is 1. The van der Waals surface area contributed by atoms with Gasteiger partial charge in [-0.3, -0.25) is 0 Å². The molecule has 1 aliphatic rings. The Balaban J connectivity index is 2.15. The van der Waals surface area contributed by atoms with E-state index in [4.69, 9.17) is 0 Å². The zero-order valence-electron chi connectivity index (χ0n) is 11.8. The lowest BCUT2D eigenvalue weighted by Gasteiger charge is -2.27. The fourth-order valence-corrected chi connectivity index (χ4v) is 2.75. The van der Waals surface area contributed by atoms with Gasteiger partial charge in [-0.05, 0) is 24.5 Å². The molecule has 18 heavy (non-hydrogen) atoms. The highest BCUT2D eigenvalue weighted by molar-refractivity contribution is 5.54. The Morgan fingerprint density at radius 3 is 2.83 bits per heavy atom. The van der Waals surface area contributed by atoms with Crippen LogP contribution in [0.5, 0.6) is 0 Å². The topological polar surface area (TPSA) is 15.3 Å². The van der Waals surface area contributed by atoms with Crippen LogP contribution in [-0.2, 0) is 6.54 Å². The van der Waals surface area contributed by atoms with Crippen LogP contribution in [0.4, 0.5) is 5.69 Å². The van der Waals surface area contributed by atoms with Crippen LogP contribution in [0.2, 0.25) is 0 Å². The second-order valence-corrected chi connectivity index (χ2v) is 5.29. The highest BCUT2D eigenvalue weighted by Crippen LogP contribution is 2.24. The van der Waals surface area contributed by atoms with E-state index in [1.165, 1.54) is 43.5 Å². The molecule has 0 amide bonds. The predicted octanol–water partition coefficient (Wildman–Crippen LogP) is 3.57. The maximum atomic E-state index is 3.70. The Morgan fingerprint density at radius 2 is 2.06 bits per heavy atom. The molecule has 1 aliphatic heterocycles. The third kappa shape index (κ3) is 3.26. The number of fused-ring (bicyclic) bond motifs is 1. The smallest absolute Gasteiger partial charge is 0.0412 e. The first kappa shape index (κ1) is 13.4. The summed E-state index contributed by atoms with van der Waals surface area (Å²) < 4.78 is 0. The molecule has 100 valence electrons. The molecular formula is C16H26N2. The van der Waals surface area contributed by atoms with Gasteiger partial charge in [0.15, 0.2) is 0 Å². The van der Waals surface area contributed by atoms with E-state index < -0.39 is 0 Å². The number of nitrogens with zero attached hydrogens (tertiary/aromatic N) is 1. The van der Waals surface area contributed by atoms with Crippen LogP contribution in [0.1, 0.15) is 45.1 Å². The van der Waals surface area contributed by atoms with Crippen molar-refractivity contribution < 1.29 is 0 Å². The van der Waals surface area contributed by atoms with Gasteiger partial charge in [-0.1, -0.05) is 44.9 Å². The Bertz CT molecular complexity index is 362. The zero-order valence-corrected chi connectivity index (χ0v) is 11.8. The normalized spacial score (nSPS) is 19.4. The molecule has 0 aliphatic carbocycles. The van der Waals surface area contributed by atoms with Crippen LogP contribution in [0.25, 0.3) is 0 Å². The summed E-state index contributed by atoms with van der Waals surface area (Å²) in [4.78, 5) is 2.58. The molecule has 0 aromatic heterocycles. The molecule has 0 spiro atoms. The fraction of sp³-hybridized carbons (Fsp3) is 0.625. The van der Waals surface area contributed by atoms with E-state index in [1.807, 2.05) is 0 Å². The lowest BCUT2D eigenvalue weighted by atomic mass is 10.1. The first-order valence-electron chi connectivity index (χ1n) is 7.41. The van der Waals surface area contributed by atoms with Crippen molar-refractivity contribution in [1.29, 1.82) is 0 Å². The van der Waals surface area contributed by atoms with Gasteiger partial charge in [-0.25, -0.2) is 0 Å². The summed E-state index contributed by atoms with van der Waals surface area (Å²) in [5, 5.41) is 3.70. The Labute approximate surface area is 111 Å². The largest absolute Gasteiger partial charge is 0.370 e. The average Bonchev–Trinajstić information content (AvgIpc) is 2.57. The molecule has 0 fully saturated rings. The van der Waals surface area contributed by atoms with Gasteiger partial charge in [-0.15, -0.1) is 0 Å². The highest BCUT2D eigenvalue weighted by atomic mass is 15.2. The van der Waals surface area contributed by atoms with Crippen LogP contribution in [-0.4, -0.2) is 19.1 Å². The van der Waals surface area contributed by atoms with Crippen molar-refractivity contribution in [1.82, 2.24) is 5.32 Å². The van der Waals surface area contributed by atoms with Crippen molar-refractivity contribution in [3.8, 4) is 0 Å². The lowest BCUT2D eigenvalue weighted by molar-refractivity contribution is 0.478. The number of anilines is 1. The van der Waals surface area contributed by atoms with Crippen molar-refractivity contribution in [3.63, 3.8) is 0 Å². The van der Waals surface area contributed by atoms with Crippen molar-refractivity contribution in [3.05, 3.63) is 29.8 Å². The summed E-state index contributed by atoms with van der Waals surface area (Å²) >= 11 is 0. The van der Waals surface area contributed by atoms with E-state index in [9.17, 15) is 0 Å². The van der Waals surface area contributed by atoms with Crippen LogP contribution in [0.15, 0.2) is 24.3 Å². The summed E-state index contributed by atoms with van der Waals surface area (Å²) in [7, 11) is 0. The van der Waals surface area contributed by atoms with Crippen molar-refractivity contribution in [2.75, 3.05) is 18.0 Å². The molecule has 2 nitrogen and oxygen atoms in total. The second-order valence-electron chi connectivity index (χ2n) is 5.29. The fourth-order valence-electron chi connectivity index (χ4n) is 2.75. The number of rotatable bonds is 5. The van der Waals surface area contributed by atoms with Gasteiger partial charge in [0.1, 0.15) is 0 Å². The van der Waals surface area contributed by atoms with Gasteiger partial charge < -0.3 is 10.2 Å². The molecule has 1 aromatic rings. The Kier molecular flexibility index (Phi) is 5.06. The highest BCUT2D eigenvalue weighted by Gasteiger charge is 2.19. The third-order valence-electron chi connectivity index (χ3n) is 3.77. The van der Waals surface area contributed by atoms with Gasteiger partial charge in [-0.2, -0.15) is 0 Å².